The fourth-order valence-corrected chi connectivity index (χ4v) is 4.04. The van der Waals surface area contributed by atoms with Crippen LogP contribution in [0.4, 0.5) is 4.79 Å². The standard InChI is InChI=1S/C23H28N2O3/c1-16-4-6-19(7-5-16)23(9-10-23)15-24-22(26)25-11-8-17-12-20(27-2)21(28-3)13-18(17)14-25/h4-7,12-13H,8-11,14-15H2,1-3H3,(H,24,26). The first-order chi connectivity index (χ1) is 13.5. The molecule has 0 radical (unpaired) electrons. The van der Waals surface area contributed by atoms with Crippen LogP contribution in [0.25, 0.3) is 0 Å². The molecule has 0 bridgehead atoms. The molecule has 1 heterocycles. The van der Waals surface area contributed by atoms with Crippen molar-refractivity contribution < 1.29 is 14.3 Å². The molecular weight excluding hydrogens is 352 g/mol. The number of aryl methyl sites for hydroxylation is 1. The Morgan fingerprint density at radius 1 is 1.07 bits per heavy atom. The zero-order valence-corrected chi connectivity index (χ0v) is 16.9. The van der Waals surface area contributed by atoms with Crippen molar-refractivity contribution in [2.75, 3.05) is 27.3 Å². The van der Waals surface area contributed by atoms with Gasteiger partial charge in [0.05, 0.1) is 14.2 Å². The highest BCUT2D eigenvalue weighted by Crippen LogP contribution is 2.47. The quantitative estimate of drug-likeness (QED) is 0.858. The maximum atomic E-state index is 12.8. The summed E-state index contributed by atoms with van der Waals surface area (Å²) < 4.78 is 10.8. The molecule has 2 aromatic rings. The van der Waals surface area contributed by atoms with Gasteiger partial charge in [-0.15, -0.1) is 0 Å². The lowest BCUT2D eigenvalue weighted by Crippen LogP contribution is -2.45. The molecule has 0 unspecified atom stereocenters. The Morgan fingerprint density at radius 2 is 1.71 bits per heavy atom. The van der Waals surface area contributed by atoms with Gasteiger partial charge in [-0.1, -0.05) is 29.8 Å². The first-order valence-electron chi connectivity index (χ1n) is 9.88. The highest BCUT2D eigenvalue weighted by atomic mass is 16.5. The summed E-state index contributed by atoms with van der Waals surface area (Å²) in [4.78, 5) is 14.7. The van der Waals surface area contributed by atoms with E-state index < -0.39 is 0 Å². The van der Waals surface area contributed by atoms with Crippen LogP contribution in [0.2, 0.25) is 0 Å². The molecule has 1 N–H and O–H groups in total. The van der Waals surface area contributed by atoms with Crippen LogP contribution >= 0.6 is 0 Å². The van der Waals surface area contributed by atoms with E-state index in [1.54, 1.807) is 14.2 Å². The van der Waals surface area contributed by atoms with E-state index in [1.807, 2.05) is 17.0 Å². The van der Waals surface area contributed by atoms with E-state index >= 15 is 0 Å². The van der Waals surface area contributed by atoms with Gasteiger partial charge in [0.15, 0.2) is 11.5 Å². The van der Waals surface area contributed by atoms with Gasteiger partial charge in [0.1, 0.15) is 0 Å². The van der Waals surface area contributed by atoms with Crippen LogP contribution in [-0.4, -0.2) is 38.2 Å². The van der Waals surface area contributed by atoms with Gasteiger partial charge in [-0.05, 0) is 55.0 Å². The van der Waals surface area contributed by atoms with Gasteiger partial charge in [-0.2, -0.15) is 0 Å². The number of methoxy groups -OCH3 is 2. The minimum atomic E-state index is 0.0128. The monoisotopic (exact) mass is 380 g/mol. The Balaban J connectivity index is 1.41. The van der Waals surface area contributed by atoms with Crippen molar-refractivity contribution in [1.29, 1.82) is 0 Å². The molecule has 0 spiro atoms. The molecule has 148 valence electrons. The molecule has 2 aromatic carbocycles. The molecular formula is C23H28N2O3. The van der Waals surface area contributed by atoms with Crippen molar-refractivity contribution in [3.8, 4) is 11.5 Å². The average Bonchev–Trinajstić information content (AvgIpc) is 3.52. The Hall–Kier alpha value is -2.69. The topological polar surface area (TPSA) is 50.8 Å². The third-order valence-corrected chi connectivity index (χ3v) is 6.10. The molecule has 5 nitrogen and oxygen atoms in total. The molecule has 0 aromatic heterocycles. The Morgan fingerprint density at radius 3 is 2.32 bits per heavy atom. The first kappa shape index (κ1) is 18.7. The number of hydrogen-bond acceptors (Lipinski definition) is 3. The summed E-state index contributed by atoms with van der Waals surface area (Å²) in [7, 11) is 3.28. The number of amides is 2. The largest absolute Gasteiger partial charge is 0.493 e. The van der Waals surface area contributed by atoms with Crippen LogP contribution in [0.5, 0.6) is 11.5 Å². The lowest BCUT2D eigenvalue weighted by molar-refractivity contribution is 0.191. The SMILES string of the molecule is COc1cc2c(cc1OC)CN(C(=O)NCC1(c3ccc(C)cc3)CC1)CC2. The molecule has 1 aliphatic carbocycles. The third kappa shape index (κ3) is 3.53. The van der Waals surface area contributed by atoms with Crippen molar-refractivity contribution >= 4 is 6.03 Å². The molecule has 2 aliphatic rings. The number of benzene rings is 2. The Bertz CT molecular complexity index is 872. The molecule has 0 saturated heterocycles. The molecule has 1 saturated carbocycles. The van der Waals surface area contributed by atoms with Crippen molar-refractivity contribution in [1.82, 2.24) is 10.2 Å². The van der Waals surface area contributed by atoms with Gasteiger partial charge in [0.25, 0.3) is 0 Å². The summed E-state index contributed by atoms with van der Waals surface area (Å²) in [6, 6.07) is 12.7. The van der Waals surface area contributed by atoms with Crippen LogP contribution < -0.4 is 14.8 Å². The van der Waals surface area contributed by atoms with Gasteiger partial charge in [-0.3, -0.25) is 0 Å². The normalized spacial score (nSPS) is 16.9. The number of fused-ring (bicyclic) bond motifs is 1. The van der Waals surface area contributed by atoms with Gasteiger partial charge in [-0.25, -0.2) is 4.79 Å². The summed E-state index contributed by atoms with van der Waals surface area (Å²) in [5, 5.41) is 3.18. The highest BCUT2D eigenvalue weighted by molar-refractivity contribution is 5.75. The predicted molar refractivity (Wildman–Crippen MR) is 109 cm³/mol. The number of carbonyl (C=O) groups is 1. The van der Waals surface area contributed by atoms with Crippen molar-refractivity contribution in [3.63, 3.8) is 0 Å². The maximum Gasteiger partial charge on any atom is 0.317 e. The second-order valence-electron chi connectivity index (χ2n) is 7.95. The second kappa shape index (κ2) is 7.38. The molecule has 2 amide bonds. The number of hydrogen-bond donors (Lipinski definition) is 1. The minimum absolute atomic E-state index is 0.0128. The second-order valence-corrected chi connectivity index (χ2v) is 7.95. The molecule has 28 heavy (non-hydrogen) atoms. The third-order valence-electron chi connectivity index (χ3n) is 6.10. The van der Waals surface area contributed by atoms with Gasteiger partial charge in [0, 0.05) is 25.0 Å². The summed E-state index contributed by atoms with van der Waals surface area (Å²) in [6.45, 7) is 4.11. The van der Waals surface area contributed by atoms with Crippen molar-refractivity contribution in [2.24, 2.45) is 0 Å². The van der Waals surface area contributed by atoms with Crippen LogP contribution in [-0.2, 0) is 18.4 Å². The number of urea groups is 1. The smallest absolute Gasteiger partial charge is 0.317 e. The van der Waals surface area contributed by atoms with E-state index in [4.69, 9.17) is 9.47 Å². The number of ether oxygens (including phenoxy) is 2. The highest BCUT2D eigenvalue weighted by Gasteiger charge is 2.44. The number of carbonyl (C=O) groups excluding carboxylic acids is 1. The zero-order chi connectivity index (χ0) is 19.7. The van der Waals surface area contributed by atoms with E-state index in [0.29, 0.717) is 25.4 Å². The van der Waals surface area contributed by atoms with E-state index in [-0.39, 0.29) is 11.4 Å². The van der Waals surface area contributed by atoms with Gasteiger partial charge >= 0.3 is 6.03 Å². The lowest BCUT2D eigenvalue weighted by Gasteiger charge is -2.30. The van der Waals surface area contributed by atoms with Crippen LogP contribution in [0, 0.1) is 6.92 Å². The van der Waals surface area contributed by atoms with Crippen molar-refractivity contribution in [2.45, 2.75) is 38.1 Å². The van der Waals surface area contributed by atoms with Crippen LogP contribution in [0.3, 0.4) is 0 Å². The first-order valence-corrected chi connectivity index (χ1v) is 9.88. The summed E-state index contributed by atoms with van der Waals surface area (Å²) in [5.41, 5.74) is 5.06. The van der Waals surface area contributed by atoms with E-state index in [0.717, 1.165) is 30.6 Å². The number of rotatable bonds is 5. The lowest BCUT2D eigenvalue weighted by atomic mass is 9.95. The van der Waals surface area contributed by atoms with Gasteiger partial charge < -0.3 is 19.7 Å². The number of nitrogens with zero attached hydrogens (tertiary/aromatic N) is 1. The molecule has 4 rings (SSSR count). The van der Waals surface area contributed by atoms with E-state index in [1.165, 1.54) is 16.7 Å². The summed E-state index contributed by atoms with van der Waals surface area (Å²) in [6.07, 6.45) is 3.10. The number of nitrogens with one attached hydrogen (secondary N) is 1. The van der Waals surface area contributed by atoms with Crippen LogP contribution in [0.1, 0.15) is 35.1 Å². The summed E-state index contributed by atoms with van der Waals surface area (Å²) >= 11 is 0. The molecule has 0 atom stereocenters. The van der Waals surface area contributed by atoms with E-state index in [2.05, 4.69) is 36.5 Å². The average molecular weight is 380 g/mol. The fraction of sp³-hybridized carbons (Fsp3) is 0.435. The predicted octanol–water partition coefficient (Wildman–Crippen LogP) is 3.81. The molecule has 5 heteroatoms. The fourth-order valence-electron chi connectivity index (χ4n) is 4.04. The molecule has 1 aliphatic heterocycles. The minimum Gasteiger partial charge on any atom is -0.493 e. The van der Waals surface area contributed by atoms with Gasteiger partial charge in [0.2, 0.25) is 0 Å². The van der Waals surface area contributed by atoms with E-state index in [9.17, 15) is 4.79 Å². The zero-order valence-electron chi connectivity index (χ0n) is 16.9. The van der Waals surface area contributed by atoms with Crippen molar-refractivity contribution in [3.05, 3.63) is 58.7 Å². The Labute approximate surface area is 166 Å². The molecule has 1 fully saturated rings. The van der Waals surface area contributed by atoms with Crippen LogP contribution in [0.15, 0.2) is 36.4 Å². The maximum absolute atomic E-state index is 12.8. The Kier molecular flexibility index (Phi) is 4.92. The summed E-state index contributed by atoms with van der Waals surface area (Å²) in [5.74, 6) is 1.45.